The molecule has 0 aliphatic carbocycles. The maximum atomic E-state index is 12.2. The highest BCUT2D eigenvalue weighted by atomic mass is 16.8. The maximum absolute atomic E-state index is 12.2. The first-order valence-corrected chi connectivity index (χ1v) is 12.2. The number of carbonyl (C=O) groups is 4. The van der Waals surface area contributed by atoms with Crippen molar-refractivity contribution in [2.45, 2.75) is 85.2 Å². The van der Waals surface area contributed by atoms with Gasteiger partial charge in [-0.2, -0.15) is 0 Å². The van der Waals surface area contributed by atoms with E-state index >= 15 is 0 Å². The minimum Gasteiger partial charge on any atom is -0.480 e. The number of aliphatic carboxylic acids is 1. The van der Waals surface area contributed by atoms with Crippen molar-refractivity contribution in [3.63, 3.8) is 0 Å². The van der Waals surface area contributed by atoms with Gasteiger partial charge in [0.2, 0.25) is 0 Å². The van der Waals surface area contributed by atoms with Crippen molar-refractivity contribution in [1.82, 2.24) is 5.32 Å². The SMILES string of the molecule is CCOC(=O)OC(C)CN[C@@H](Cc1ccc(OC(=O)OC(C)CC)c(OC(=O)OC(C)CC)c1)C(=O)O. The minimum atomic E-state index is -1.15. The van der Waals surface area contributed by atoms with Gasteiger partial charge in [-0.1, -0.05) is 19.9 Å². The molecule has 0 heterocycles. The normalized spacial score (nSPS) is 13.9. The van der Waals surface area contributed by atoms with Gasteiger partial charge in [-0.15, -0.1) is 0 Å². The van der Waals surface area contributed by atoms with Crippen LogP contribution in [0.4, 0.5) is 14.4 Å². The van der Waals surface area contributed by atoms with E-state index in [9.17, 15) is 24.3 Å². The number of hydrogen-bond donors (Lipinski definition) is 2. The zero-order valence-corrected chi connectivity index (χ0v) is 22.1. The lowest BCUT2D eigenvalue weighted by molar-refractivity contribution is -0.139. The number of ether oxygens (including phenoxy) is 6. The van der Waals surface area contributed by atoms with Crippen LogP contribution in [0, 0.1) is 0 Å². The Labute approximate surface area is 216 Å². The molecular weight excluding hydrogens is 490 g/mol. The van der Waals surface area contributed by atoms with Crippen molar-refractivity contribution in [1.29, 1.82) is 0 Å². The monoisotopic (exact) mass is 527 g/mol. The number of carboxylic acids is 1. The first-order valence-electron chi connectivity index (χ1n) is 12.2. The van der Waals surface area contributed by atoms with Gasteiger partial charge in [0.1, 0.15) is 24.4 Å². The van der Waals surface area contributed by atoms with Gasteiger partial charge >= 0.3 is 24.4 Å². The average Bonchev–Trinajstić information content (AvgIpc) is 2.82. The summed E-state index contributed by atoms with van der Waals surface area (Å²) < 4.78 is 30.4. The van der Waals surface area contributed by atoms with E-state index in [4.69, 9.17) is 28.4 Å². The quantitative estimate of drug-likeness (QED) is 0.199. The second-order valence-electron chi connectivity index (χ2n) is 8.27. The van der Waals surface area contributed by atoms with E-state index in [0.29, 0.717) is 18.4 Å². The molecule has 0 saturated carbocycles. The zero-order valence-electron chi connectivity index (χ0n) is 22.1. The predicted molar refractivity (Wildman–Crippen MR) is 131 cm³/mol. The maximum Gasteiger partial charge on any atom is 0.514 e. The van der Waals surface area contributed by atoms with E-state index in [2.05, 4.69) is 5.32 Å². The molecule has 0 aliphatic rings. The molecular formula is C25H37NO11. The molecule has 0 fully saturated rings. The highest BCUT2D eigenvalue weighted by Crippen LogP contribution is 2.30. The van der Waals surface area contributed by atoms with Gasteiger partial charge in [0.05, 0.1) is 6.61 Å². The molecule has 4 atom stereocenters. The lowest BCUT2D eigenvalue weighted by Gasteiger charge is -2.19. The number of carbonyl (C=O) groups excluding carboxylic acids is 3. The largest absolute Gasteiger partial charge is 0.514 e. The Bertz CT molecular complexity index is 905. The van der Waals surface area contributed by atoms with E-state index in [1.165, 1.54) is 18.2 Å². The van der Waals surface area contributed by atoms with Crippen LogP contribution in [0.3, 0.4) is 0 Å². The molecule has 2 N–H and O–H groups in total. The molecule has 37 heavy (non-hydrogen) atoms. The molecule has 1 aromatic rings. The number of nitrogens with one attached hydrogen (secondary N) is 1. The fourth-order valence-corrected chi connectivity index (χ4v) is 2.71. The van der Waals surface area contributed by atoms with E-state index < -0.39 is 42.7 Å². The molecule has 0 aliphatic heterocycles. The van der Waals surface area contributed by atoms with Crippen LogP contribution in [0.5, 0.6) is 11.5 Å². The number of carboxylic acid groups (broad SMARTS) is 1. The number of rotatable bonds is 14. The molecule has 12 nitrogen and oxygen atoms in total. The van der Waals surface area contributed by atoms with Crippen LogP contribution in [0.2, 0.25) is 0 Å². The van der Waals surface area contributed by atoms with Crippen molar-refractivity contribution in [3.05, 3.63) is 23.8 Å². The lowest BCUT2D eigenvalue weighted by Crippen LogP contribution is -2.42. The summed E-state index contributed by atoms with van der Waals surface area (Å²) in [6, 6.07) is 3.19. The molecule has 208 valence electrons. The molecule has 0 bridgehead atoms. The van der Waals surface area contributed by atoms with Crippen molar-refractivity contribution >= 4 is 24.4 Å². The van der Waals surface area contributed by atoms with Gasteiger partial charge in [0.15, 0.2) is 11.5 Å². The number of hydrogen-bond acceptors (Lipinski definition) is 11. The van der Waals surface area contributed by atoms with Crippen LogP contribution in [0.1, 0.15) is 59.9 Å². The van der Waals surface area contributed by atoms with E-state index in [1.807, 2.05) is 13.8 Å². The van der Waals surface area contributed by atoms with Crippen LogP contribution in [-0.4, -0.2) is 67.0 Å². The van der Waals surface area contributed by atoms with Crippen LogP contribution in [0.15, 0.2) is 18.2 Å². The van der Waals surface area contributed by atoms with Crippen LogP contribution >= 0.6 is 0 Å². The molecule has 3 unspecified atom stereocenters. The van der Waals surface area contributed by atoms with Gasteiger partial charge in [-0.3, -0.25) is 4.79 Å². The van der Waals surface area contributed by atoms with E-state index in [1.54, 1.807) is 27.7 Å². The van der Waals surface area contributed by atoms with Gasteiger partial charge in [-0.05, 0) is 64.7 Å². The molecule has 0 spiro atoms. The van der Waals surface area contributed by atoms with E-state index in [0.717, 1.165) is 0 Å². The molecule has 0 saturated heterocycles. The summed E-state index contributed by atoms with van der Waals surface area (Å²) in [5.41, 5.74) is 0.452. The molecule has 12 heteroatoms. The van der Waals surface area contributed by atoms with Crippen LogP contribution in [-0.2, 0) is 30.2 Å². The molecule has 1 aromatic carbocycles. The third kappa shape index (κ3) is 12.3. The Kier molecular flexibility index (Phi) is 13.8. The van der Waals surface area contributed by atoms with Gasteiger partial charge in [0.25, 0.3) is 0 Å². The summed E-state index contributed by atoms with van der Waals surface area (Å²) in [6.07, 6.45) is -3.18. The minimum absolute atomic E-state index is 0.0319. The standard InChI is InChI=1S/C25H37NO11/c1-7-15(4)33-24(30)36-20-11-10-18(13-21(20)37-25(31)34-16(5)8-2)12-19(22(27)28)26-14-17(6)35-23(29)32-9-3/h10-11,13,15-17,19,26H,7-9,12,14H2,1-6H3,(H,27,28)/t15?,16?,17?,19-/m0/s1. The second kappa shape index (κ2) is 16.3. The first-order chi connectivity index (χ1) is 17.5. The Balaban J connectivity index is 3.03. The molecule has 0 radical (unpaired) electrons. The Hall–Kier alpha value is -3.54. The second-order valence-corrected chi connectivity index (χ2v) is 8.27. The van der Waals surface area contributed by atoms with Crippen molar-refractivity contribution < 1.29 is 52.7 Å². The highest BCUT2D eigenvalue weighted by Gasteiger charge is 2.23. The topological polar surface area (TPSA) is 156 Å². The zero-order chi connectivity index (χ0) is 28.0. The Morgan fingerprint density at radius 1 is 0.811 bits per heavy atom. The van der Waals surface area contributed by atoms with Gasteiger partial charge in [0, 0.05) is 6.54 Å². The molecule has 0 amide bonds. The van der Waals surface area contributed by atoms with E-state index in [-0.39, 0.29) is 37.2 Å². The Morgan fingerprint density at radius 3 is 1.86 bits per heavy atom. The predicted octanol–water partition coefficient (Wildman–Crippen LogP) is 4.46. The fraction of sp³-hybridized carbons (Fsp3) is 0.600. The fourth-order valence-electron chi connectivity index (χ4n) is 2.71. The highest BCUT2D eigenvalue weighted by molar-refractivity contribution is 5.74. The van der Waals surface area contributed by atoms with Crippen molar-refractivity contribution in [2.75, 3.05) is 13.2 Å². The summed E-state index contributed by atoms with van der Waals surface area (Å²) in [4.78, 5) is 47.6. The van der Waals surface area contributed by atoms with Crippen molar-refractivity contribution in [3.8, 4) is 11.5 Å². The third-order valence-electron chi connectivity index (χ3n) is 5.09. The Morgan fingerprint density at radius 2 is 1.35 bits per heavy atom. The average molecular weight is 528 g/mol. The summed E-state index contributed by atoms with van der Waals surface area (Å²) in [7, 11) is 0. The summed E-state index contributed by atoms with van der Waals surface area (Å²) in [5, 5.41) is 12.5. The summed E-state index contributed by atoms with van der Waals surface area (Å²) >= 11 is 0. The van der Waals surface area contributed by atoms with Crippen LogP contribution in [0.25, 0.3) is 0 Å². The summed E-state index contributed by atoms with van der Waals surface area (Å²) in [6.45, 7) is 10.5. The van der Waals surface area contributed by atoms with Crippen molar-refractivity contribution in [2.24, 2.45) is 0 Å². The molecule has 1 rings (SSSR count). The third-order valence-corrected chi connectivity index (χ3v) is 5.09. The molecule has 0 aromatic heterocycles. The van der Waals surface area contributed by atoms with Crippen LogP contribution < -0.4 is 14.8 Å². The first kappa shape index (κ1) is 31.5. The number of benzene rings is 1. The lowest BCUT2D eigenvalue weighted by atomic mass is 10.0. The van der Waals surface area contributed by atoms with Gasteiger partial charge in [-0.25, -0.2) is 14.4 Å². The summed E-state index contributed by atoms with van der Waals surface area (Å²) in [5.74, 6) is -1.40. The smallest absolute Gasteiger partial charge is 0.480 e. The van der Waals surface area contributed by atoms with Gasteiger partial charge < -0.3 is 38.8 Å².